The van der Waals surface area contributed by atoms with Gasteiger partial charge in [0.2, 0.25) is 0 Å². The van der Waals surface area contributed by atoms with Crippen LogP contribution in [0.5, 0.6) is 0 Å². The lowest BCUT2D eigenvalue weighted by Gasteiger charge is -2.06. The number of H-pyrrole nitrogens is 1. The number of aromatic nitrogens is 1. The molecule has 0 bridgehead atoms. The zero-order chi connectivity index (χ0) is 16.8. The number of nitrogens with one attached hydrogen (secondary N) is 2. The number of rotatable bonds is 2. The molecule has 3 aromatic rings. The lowest BCUT2D eigenvalue weighted by atomic mass is 9.96. The molecule has 4 rings (SSSR count). The van der Waals surface area contributed by atoms with E-state index in [1.807, 2.05) is 24.3 Å². The van der Waals surface area contributed by atoms with Gasteiger partial charge in [0.25, 0.3) is 11.8 Å². The van der Waals surface area contributed by atoms with E-state index in [0.717, 1.165) is 10.9 Å². The number of hydrogen-bond acceptors (Lipinski definition) is 2. The lowest BCUT2D eigenvalue weighted by molar-refractivity contribution is -0.122. The van der Waals surface area contributed by atoms with Gasteiger partial charge in [0.15, 0.2) is 0 Å². The first-order chi connectivity index (χ1) is 11.6. The molecule has 0 radical (unpaired) electrons. The molecule has 1 aliphatic rings. The molecule has 0 unspecified atom stereocenters. The molecule has 1 aromatic heterocycles. The van der Waals surface area contributed by atoms with Crippen LogP contribution in [0.3, 0.4) is 0 Å². The molecule has 0 fully saturated rings. The molecule has 118 valence electrons. The highest BCUT2D eigenvalue weighted by Gasteiger charge is 2.34. The monoisotopic (exact) mass is 356 g/mol. The van der Waals surface area contributed by atoms with Crippen LogP contribution in [0.1, 0.15) is 11.1 Å². The number of aromatic amines is 1. The fourth-order valence-electron chi connectivity index (χ4n) is 2.94. The first-order valence-electron chi connectivity index (χ1n) is 7.18. The molecule has 0 saturated heterocycles. The molecule has 2 N–H and O–H groups in total. The second-order valence-electron chi connectivity index (χ2n) is 5.41. The maximum atomic E-state index is 12.4. The number of carbonyl (C=O) groups is 2. The van der Waals surface area contributed by atoms with Crippen LogP contribution in [-0.4, -0.2) is 16.8 Å². The zero-order valence-electron chi connectivity index (χ0n) is 12.2. The molecule has 24 heavy (non-hydrogen) atoms. The molecule has 6 heteroatoms. The van der Waals surface area contributed by atoms with Crippen LogP contribution >= 0.6 is 23.2 Å². The van der Waals surface area contributed by atoms with Crippen molar-refractivity contribution in [2.75, 3.05) is 0 Å². The molecule has 2 amide bonds. The van der Waals surface area contributed by atoms with E-state index < -0.39 is 11.8 Å². The van der Waals surface area contributed by atoms with Crippen LogP contribution < -0.4 is 5.32 Å². The average molecular weight is 357 g/mol. The van der Waals surface area contributed by atoms with E-state index in [9.17, 15) is 9.59 Å². The van der Waals surface area contributed by atoms with Crippen molar-refractivity contribution in [3.05, 3.63) is 69.8 Å². The molecular weight excluding hydrogens is 347 g/mol. The summed E-state index contributed by atoms with van der Waals surface area (Å²) < 4.78 is 0. The number of amides is 2. The van der Waals surface area contributed by atoms with Crippen LogP contribution in [0.4, 0.5) is 0 Å². The van der Waals surface area contributed by atoms with Crippen molar-refractivity contribution < 1.29 is 9.59 Å². The zero-order valence-corrected chi connectivity index (χ0v) is 13.7. The summed E-state index contributed by atoms with van der Waals surface area (Å²) in [5, 5.41) is 3.99. The lowest BCUT2D eigenvalue weighted by Crippen LogP contribution is -2.22. The second kappa shape index (κ2) is 5.51. The number of fused-ring (bicyclic) bond motifs is 1. The molecule has 2 heterocycles. The predicted octanol–water partition coefficient (Wildman–Crippen LogP) is 4.04. The maximum Gasteiger partial charge on any atom is 0.259 e. The van der Waals surface area contributed by atoms with E-state index in [2.05, 4.69) is 10.3 Å². The third-order valence-corrected chi connectivity index (χ3v) is 4.54. The molecule has 0 spiro atoms. The van der Waals surface area contributed by atoms with Crippen LogP contribution in [-0.2, 0) is 9.59 Å². The average Bonchev–Trinajstić information content (AvgIpc) is 3.08. The van der Waals surface area contributed by atoms with Crippen molar-refractivity contribution in [3.63, 3.8) is 0 Å². The number of carbonyl (C=O) groups excluding carboxylic acids is 2. The quantitative estimate of drug-likeness (QED) is 0.680. The van der Waals surface area contributed by atoms with Crippen molar-refractivity contribution in [2.24, 2.45) is 0 Å². The normalized spacial score (nSPS) is 14.6. The third-order valence-electron chi connectivity index (χ3n) is 3.99. The summed E-state index contributed by atoms with van der Waals surface area (Å²) in [7, 11) is 0. The van der Waals surface area contributed by atoms with Crippen LogP contribution in [0.15, 0.2) is 48.7 Å². The SMILES string of the molecule is O=C1NC(=O)C(c2c[nH]c3ccccc23)=C1c1ccc(Cl)cc1Cl. The summed E-state index contributed by atoms with van der Waals surface area (Å²) in [6, 6.07) is 12.4. The van der Waals surface area contributed by atoms with Crippen LogP contribution in [0.2, 0.25) is 10.0 Å². The third kappa shape index (κ3) is 2.23. The van der Waals surface area contributed by atoms with E-state index >= 15 is 0 Å². The Morgan fingerprint density at radius 2 is 1.54 bits per heavy atom. The van der Waals surface area contributed by atoms with Gasteiger partial charge >= 0.3 is 0 Å². The van der Waals surface area contributed by atoms with Gasteiger partial charge in [-0.1, -0.05) is 47.5 Å². The Labute approximate surface area is 147 Å². The number of imide groups is 1. The van der Waals surface area contributed by atoms with Gasteiger partial charge < -0.3 is 4.98 Å². The van der Waals surface area contributed by atoms with E-state index in [-0.39, 0.29) is 5.57 Å². The van der Waals surface area contributed by atoms with Gasteiger partial charge in [0, 0.05) is 33.2 Å². The van der Waals surface area contributed by atoms with Crippen LogP contribution in [0, 0.1) is 0 Å². The smallest absolute Gasteiger partial charge is 0.259 e. The van der Waals surface area contributed by atoms with E-state index in [4.69, 9.17) is 23.2 Å². The van der Waals surface area contributed by atoms with E-state index in [1.54, 1.807) is 24.4 Å². The second-order valence-corrected chi connectivity index (χ2v) is 6.25. The summed E-state index contributed by atoms with van der Waals surface area (Å²) in [5.41, 5.74) is 2.58. The highest BCUT2D eigenvalue weighted by Crippen LogP contribution is 2.37. The van der Waals surface area contributed by atoms with Crippen molar-refractivity contribution in [3.8, 4) is 0 Å². The largest absolute Gasteiger partial charge is 0.361 e. The maximum absolute atomic E-state index is 12.4. The minimum atomic E-state index is -0.468. The van der Waals surface area contributed by atoms with Gasteiger partial charge in [-0.2, -0.15) is 0 Å². The summed E-state index contributed by atoms with van der Waals surface area (Å²) >= 11 is 12.2. The molecule has 0 atom stereocenters. The molecule has 2 aromatic carbocycles. The first kappa shape index (κ1) is 15.0. The minimum Gasteiger partial charge on any atom is -0.361 e. The van der Waals surface area contributed by atoms with Crippen molar-refractivity contribution >= 4 is 57.1 Å². The Balaban J connectivity index is 2.03. The highest BCUT2D eigenvalue weighted by molar-refractivity contribution is 6.51. The van der Waals surface area contributed by atoms with Crippen molar-refractivity contribution in [1.82, 2.24) is 10.3 Å². The Hall–Kier alpha value is -2.56. The van der Waals surface area contributed by atoms with Crippen LogP contribution in [0.25, 0.3) is 22.0 Å². The Kier molecular flexibility index (Phi) is 3.44. The van der Waals surface area contributed by atoms with Crippen molar-refractivity contribution in [1.29, 1.82) is 0 Å². The molecule has 4 nitrogen and oxygen atoms in total. The summed E-state index contributed by atoms with van der Waals surface area (Å²) in [5.74, 6) is -0.907. The number of para-hydroxylation sites is 1. The molecular formula is C18H10Cl2N2O2. The van der Waals surface area contributed by atoms with Gasteiger partial charge in [0.1, 0.15) is 0 Å². The highest BCUT2D eigenvalue weighted by atomic mass is 35.5. The molecule has 0 aliphatic carbocycles. The summed E-state index contributed by atoms with van der Waals surface area (Å²) in [6.07, 6.45) is 1.72. The predicted molar refractivity (Wildman–Crippen MR) is 94.7 cm³/mol. The Morgan fingerprint density at radius 3 is 2.29 bits per heavy atom. The van der Waals surface area contributed by atoms with E-state index in [1.165, 1.54) is 0 Å². The fraction of sp³-hybridized carbons (Fsp3) is 0. The van der Waals surface area contributed by atoms with Gasteiger partial charge in [-0.3, -0.25) is 14.9 Å². The van der Waals surface area contributed by atoms with Gasteiger partial charge in [-0.25, -0.2) is 0 Å². The standard InChI is InChI=1S/C18H10Cl2N2O2/c19-9-5-6-11(13(20)7-9)15-16(18(24)22-17(15)23)12-8-21-14-4-2-1-3-10(12)14/h1-8,21H,(H,22,23,24). The topological polar surface area (TPSA) is 62.0 Å². The number of benzene rings is 2. The van der Waals surface area contributed by atoms with E-state index in [0.29, 0.717) is 26.7 Å². The number of halogens is 2. The summed E-state index contributed by atoms with van der Waals surface area (Å²) in [4.78, 5) is 27.9. The minimum absolute atomic E-state index is 0.256. The first-order valence-corrected chi connectivity index (χ1v) is 7.93. The summed E-state index contributed by atoms with van der Waals surface area (Å²) in [6.45, 7) is 0. The number of hydrogen-bond donors (Lipinski definition) is 2. The molecule has 0 saturated carbocycles. The van der Waals surface area contributed by atoms with Gasteiger partial charge in [-0.15, -0.1) is 0 Å². The van der Waals surface area contributed by atoms with Gasteiger partial charge in [0.05, 0.1) is 16.2 Å². The van der Waals surface area contributed by atoms with Gasteiger partial charge in [-0.05, 0) is 18.2 Å². The Bertz CT molecular complexity index is 1050. The van der Waals surface area contributed by atoms with Crippen molar-refractivity contribution in [2.45, 2.75) is 0 Å². The fourth-order valence-corrected chi connectivity index (χ4v) is 3.44. The molecule has 1 aliphatic heterocycles. The Morgan fingerprint density at radius 1 is 0.833 bits per heavy atom.